The quantitative estimate of drug-likeness (QED) is 0.622. The first-order chi connectivity index (χ1) is 8.18. The molecule has 0 saturated heterocycles. The lowest BCUT2D eigenvalue weighted by Crippen LogP contribution is -2.16. The van der Waals surface area contributed by atoms with E-state index in [0.29, 0.717) is 5.69 Å². The molecule has 0 radical (unpaired) electrons. The highest BCUT2D eigenvalue weighted by atomic mass is 15.2. The molecule has 0 atom stereocenters. The van der Waals surface area contributed by atoms with Gasteiger partial charge in [0.1, 0.15) is 17.3 Å². The van der Waals surface area contributed by atoms with Crippen molar-refractivity contribution < 1.29 is 0 Å². The number of hydrogen-bond acceptors (Lipinski definition) is 3. The van der Waals surface area contributed by atoms with Gasteiger partial charge < -0.3 is 10.6 Å². The Morgan fingerprint density at radius 1 is 1.12 bits per heavy atom. The number of anilines is 2. The molecule has 1 heterocycles. The van der Waals surface area contributed by atoms with E-state index in [2.05, 4.69) is 4.98 Å². The van der Waals surface area contributed by atoms with Gasteiger partial charge in [-0.25, -0.2) is 4.98 Å². The van der Waals surface area contributed by atoms with Crippen LogP contribution in [0.15, 0.2) is 48.5 Å². The van der Waals surface area contributed by atoms with Gasteiger partial charge in [-0.15, -0.1) is 0 Å². The molecule has 0 bridgehead atoms. The molecule has 0 aliphatic carbocycles. The number of aromatic nitrogens is 1. The molecule has 0 fully saturated rings. The van der Waals surface area contributed by atoms with E-state index in [0.717, 1.165) is 11.5 Å². The number of nitrogen functional groups attached to an aromatic ring is 1. The van der Waals surface area contributed by atoms with Crippen molar-refractivity contribution >= 4 is 17.3 Å². The molecule has 0 saturated carbocycles. The summed E-state index contributed by atoms with van der Waals surface area (Å²) >= 11 is 0. The molecule has 0 amide bonds. The van der Waals surface area contributed by atoms with Gasteiger partial charge in [-0.2, -0.15) is 0 Å². The number of para-hydroxylation sites is 1. The first-order valence-corrected chi connectivity index (χ1v) is 5.29. The first kappa shape index (κ1) is 11.1. The Kier molecular flexibility index (Phi) is 3.05. The predicted octanol–water partition coefficient (Wildman–Crippen LogP) is 2.13. The van der Waals surface area contributed by atoms with Gasteiger partial charge in [-0.1, -0.05) is 24.3 Å². The predicted molar refractivity (Wildman–Crippen MR) is 69.8 cm³/mol. The van der Waals surface area contributed by atoms with Crippen LogP contribution in [0, 0.1) is 5.41 Å². The summed E-state index contributed by atoms with van der Waals surface area (Å²) in [7, 11) is 1.93. The second-order valence-corrected chi connectivity index (χ2v) is 3.69. The lowest BCUT2D eigenvalue weighted by Gasteiger charge is -2.18. The summed E-state index contributed by atoms with van der Waals surface area (Å²) in [4.78, 5) is 6.28. The van der Waals surface area contributed by atoms with Crippen LogP contribution in [0.3, 0.4) is 0 Å². The van der Waals surface area contributed by atoms with Crippen molar-refractivity contribution in [3.63, 3.8) is 0 Å². The summed E-state index contributed by atoms with van der Waals surface area (Å²) in [6, 6.07) is 15.4. The lowest BCUT2D eigenvalue weighted by atomic mass is 10.3. The standard InChI is InChI=1S/C13H14N4/c1-17(10-6-3-2-4-7-10)12-9-5-8-11(16-12)13(14)15/h2-9H,1H3,(H3,14,15). The molecule has 17 heavy (non-hydrogen) atoms. The van der Waals surface area contributed by atoms with Crippen molar-refractivity contribution in [2.75, 3.05) is 11.9 Å². The zero-order valence-corrected chi connectivity index (χ0v) is 9.59. The molecule has 2 aromatic rings. The molecule has 1 aromatic heterocycles. The van der Waals surface area contributed by atoms with Crippen LogP contribution in [-0.2, 0) is 0 Å². The maximum Gasteiger partial charge on any atom is 0.141 e. The maximum absolute atomic E-state index is 7.37. The van der Waals surface area contributed by atoms with E-state index < -0.39 is 0 Å². The number of rotatable bonds is 3. The molecule has 2 rings (SSSR count). The number of hydrogen-bond donors (Lipinski definition) is 2. The van der Waals surface area contributed by atoms with Crippen molar-refractivity contribution in [3.8, 4) is 0 Å². The molecule has 0 spiro atoms. The van der Waals surface area contributed by atoms with Crippen LogP contribution in [-0.4, -0.2) is 17.9 Å². The van der Waals surface area contributed by atoms with Crippen molar-refractivity contribution in [2.45, 2.75) is 0 Å². The van der Waals surface area contributed by atoms with Gasteiger partial charge in [0.15, 0.2) is 0 Å². The SMILES string of the molecule is CN(c1ccccc1)c1cccc(C(=N)N)n1. The van der Waals surface area contributed by atoms with E-state index in [-0.39, 0.29) is 5.84 Å². The van der Waals surface area contributed by atoms with E-state index >= 15 is 0 Å². The highest BCUT2D eigenvalue weighted by Gasteiger charge is 2.06. The van der Waals surface area contributed by atoms with Crippen molar-refractivity contribution in [1.29, 1.82) is 5.41 Å². The Hall–Kier alpha value is -2.36. The molecule has 1 aromatic carbocycles. The van der Waals surface area contributed by atoms with E-state index in [4.69, 9.17) is 11.1 Å². The highest BCUT2D eigenvalue weighted by Crippen LogP contribution is 2.20. The summed E-state index contributed by atoms with van der Waals surface area (Å²) in [5.74, 6) is 0.747. The summed E-state index contributed by atoms with van der Waals surface area (Å²) < 4.78 is 0. The number of pyridine rings is 1. The fourth-order valence-electron chi connectivity index (χ4n) is 1.54. The Labute approximate surface area is 100 Å². The van der Waals surface area contributed by atoms with Crippen LogP contribution in [0.25, 0.3) is 0 Å². The van der Waals surface area contributed by atoms with Crippen molar-refractivity contribution in [3.05, 3.63) is 54.2 Å². The third-order valence-corrected chi connectivity index (χ3v) is 2.50. The van der Waals surface area contributed by atoms with Crippen molar-refractivity contribution in [2.24, 2.45) is 5.73 Å². The highest BCUT2D eigenvalue weighted by molar-refractivity contribution is 5.93. The van der Waals surface area contributed by atoms with E-state index in [1.165, 1.54) is 0 Å². The van der Waals surface area contributed by atoms with Crippen LogP contribution in [0.4, 0.5) is 11.5 Å². The van der Waals surface area contributed by atoms with E-state index in [9.17, 15) is 0 Å². The summed E-state index contributed by atoms with van der Waals surface area (Å²) in [6.07, 6.45) is 0. The second-order valence-electron chi connectivity index (χ2n) is 3.69. The number of benzene rings is 1. The Morgan fingerprint density at radius 3 is 2.47 bits per heavy atom. The van der Waals surface area contributed by atoms with E-state index in [1.807, 2.05) is 54.4 Å². The normalized spacial score (nSPS) is 9.94. The Morgan fingerprint density at radius 2 is 1.82 bits per heavy atom. The smallest absolute Gasteiger partial charge is 0.141 e. The molecular formula is C13H14N4. The molecule has 4 nitrogen and oxygen atoms in total. The molecule has 4 heteroatoms. The van der Waals surface area contributed by atoms with Crippen LogP contribution in [0.2, 0.25) is 0 Å². The number of nitrogens with one attached hydrogen (secondary N) is 1. The third kappa shape index (κ3) is 2.42. The molecule has 86 valence electrons. The van der Waals surface area contributed by atoms with Gasteiger partial charge in [0.25, 0.3) is 0 Å². The van der Waals surface area contributed by atoms with Gasteiger partial charge in [0.05, 0.1) is 0 Å². The maximum atomic E-state index is 7.37. The fraction of sp³-hybridized carbons (Fsp3) is 0.0769. The lowest BCUT2D eigenvalue weighted by molar-refractivity contribution is 1.11. The van der Waals surface area contributed by atoms with Crippen LogP contribution in [0.5, 0.6) is 0 Å². The summed E-state index contributed by atoms with van der Waals surface area (Å²) in [5, 5.41) is 7.37. The van der Waals surface area contributed by atoms with Gasteiger partial charge in [0, 0.05) is 12.7 Å². The van der Waals surface area contributed by atoms with Gasteiger partial charge >= 0.3 is 0 Å². The second kappa shape index (κ2) is 4.65. The van der Waals surface area contributed by atoms with Crippen LogP contribution in [0.1, 0.15) is 5.69 Å². The van der Waals surface area contributed by atoms with Crippen LogP contribution < -0.4 is 10.6 Å². The minimum Gasteiger partial charge on any atom is -0.382 e. The van der Waals surface area contributed by atoms with Gasteiger partial charge in [-0.05, 0) is 24.3 Å². The van der Waals surface area contributed by atoms with Gasteiger partial charge in [0.2, 0.25) is 0 Å². The van der Waals surface area contributed by atoms with E-state index in [1.54, 1.807) is 6.07 Å². The zero-order chi connectivity index (χ0) is 12.3. The molecule has 3 N–H and O–H groups in total. The molecule has 0 aliphatic rings. The Bertz CT molecular complexity index is 522. The third-order valence-electron chi connectivity index (χ3n) is 2.50. The topological polar surface area (TPSA) is 66.0 Å². The first-order valence-electron chi connectivity index (χ1n) is 5.29. The molecular weight excluding hydrogens is 212 g/mol. The monoisotopic (exact) mass is 226 g/mol. The molecule has 0 aliphatic heterocycles. The summed E-state index contributed by atoms with van der Waals surface area (Å²) in [5.41, 5.74) is 6.96. The number of nitrogens with two attached hydrogens (primary N) is 1. The number of nitrogens with zero attached hydrogens (tertiary/aromatic N) is 2. The zero-order valence-electron chi connectivity index (χ0n) is 9.59. The molecule has 0 unspecified atom stereocenters. The van der Waals surface area contributed by atoms with Crippen LogP contribution >= 0.6 is 0 Å². The minimum absolute atomic E-state index is 0.0201. The minimum atomic E-state index is -0.0201. The number of amidine groups is 1. The van der Waals surface area contributed by atoms with Crippen molar-refractivity contribution in [1.82, 2.24) is 4.98 Å². The Balaban J connectivity index is 2.34. The summed E-state index contributed by atoms with van der Waals surface area (Å²) in [6.45, 7) is 0. The van der Waals surface area contributed by atoms with Gasteiger partial charge in [-0.3, -0.25) is 5.41 Å². The average molecular weight is 226 g/mol. The fourth-order valence-corrected chi connectivity index (χ4v) is 1.54. The largest absolute Gasteiger partial charge is 0.382 e. The average Bonchev–Trinajstić information content (AvgIpc) is 2.39.